The van der Waals surface area contributed by atoms with Gasteiger partial charge in [0.05, 0.1) is 35.3 Å². The van der Waals surface area contributed by atoms with Crippen LogP contribution in [0.2, 0.25) is 10.0 Å². The lowest BCUT2D eigenvalue weighted by atomic mass is 10.0. The Morgan fingerprint density at radius 2 is 1.70 bits per heavy atom. The van der Waals surface area contributed by atoms with Gasteiger partial charge < -0.3 is 9.30 Å². The molecular weight excluding hydrogens is 545 g/mol. The van der Waals surface area contributed by atoms with E-state index in [1.807, 2.05) is 45.0 Å². The maximum Gasteiger partial charge on any atom is 0.261 e. The van der Waals surface area contributed by atoms with Crippen LogP contribution in [0.25, 0.3) is 11.3 Å². The Bertz CT molecular complexity index is 1680. The van der Waals surface area contributed by atoms with Crippen LogP contribution in [-0.4, -0.2) is 23.4 Å². The standard InChI is InChI=1S/C32H27Cl2N3O3/c1-5-28(38)20-9-13-29(40-4)24(14-20)27-16-25-31(36(27)18(2)3)30(19-6-10-22(33)11-7-19)37(32(25)39)26-15-23(34)12-8-21(26)17-35/h6-16,18,30H,5H2,1-4H3. The molecule has 2 heterocycles. The minimum absolute atomic E-state index is 0.0189. The zero-order valence-electron chi connectivity index (χ0n) is 22.5. The topological polar surface area (TPSA) is 75.3 Å². The number of carbonyl (C=O) groups excluding carboxylic acids is 2. The second kappa shape index (κ2) is 10.8. The van der Waals surface area contributed by atoms with E-state index in [1.165, 1.54) is 0 Å². The summed E-state index contributed by atoms with van der Waals surface area (Å²) in [6.07, 6.45) is 0.375. The Morgan fingerprint density at radius 1 is 1.00 bits per heavy atom. The van der Waals surface area contributed by atoms with Crippen molar-refractivity contribution in [3.05, 3.63) is 105 Å². The van der Waals surface area contributed by atoms with Crippen molar-refractivity contribution in [3.8, 4) is 23.1 Å². The minimum atomic E-state index is -0.562. The molecule has 0 bridgehead atoms. The molecule has 1 unspecified atom stereocenters. The predicted molar refractivity (Wildman–Crippen MR) is 158 cm³/mol. The van der Waals surface area contributed by atoms with E-state index in [2.05, 4.69) is 10.6 Å². The summed E-state index contributed by atoms with van der Waals surface area (Å²) in [6, 6.07) is 21.1. The van der Waals surface area contributed by atoms with Crippen LogP contribution in [0.4, 0.5) is 5.69 Å². The molecule has 0 spiro atoms. The van der Waals surface area contributed by atoms with E-state index in [1.54, 1.807) is 54.5 Å². The summed E-state index contributed by atoms with van der Waals surface area (Å²) in [5, 5.41) is 10.9. The van der Waals surface area contributed by atoms with Gasteiger partial charge in [-0.05, 0) is 74.0 Å². The number of aromatic nitrogens is 1. The highest BCUT2D eigenvalue weighted by Gasteiger charge is 2.44. The number of amides is 1. The average molecular weight is 572 g/mol. The molecule has 1 aromatic heterocycles. The monoisotopic (exact) mass is 571 g/mol. The number of halogens is 2. The molecule has 3 aromatic carbocycles. The van der Waals surface area contributed by atoms with Gasteiger partial charge in [0.25, 0.3) is 5.91 Å². The molecule has 8 heteroatoms. The van der Waals surface area contributed by atoms with E-state index in [4.69, 9.17) is 27.9 Å². The Labute approximate surface area is 243 Å². The number of anilines is 1. The number of ketones is 1. The predicted octanol–water partition coefficient (Wildman–Crippen LogP) is 8.27. The van der Waals surface area contributed by atoms with Crippen molar-refractivity contribution in [1.82, 2.24) is 4.57 Å². The molecular formula is C32H27Cl2N3O3. The van der Waals surface area contributed by atoms with Crippen molar-refractivity contribution < 1.29 is 14.3 Å². The number of Topliss-reactive ketones (excluding diaryl/α,β-unsaturated/α-hetero) is 1. The van der Waals surface area contributed by atoms with Crippen LogP contribution in [0.1, 0.15) is 76.8 Å². The fraction of sp³-hybridized carbons (Fsp3) is 0.219. The fourth-order valence-electron chi connectivity index (χ4n) is 5.41. The van der Waals surface area contributed by atoms with Crippen molar-refractivity contribution in [2.24, 2.45) is 0 Å². The van der Waals surface area contributed by atoms with Gasteiger partial charge >= 0.3 is 0 Å². The normalized spacial score (nSPS) is 14.4. The molecule has 5 rings (SSSR count). The van der Waals surface area contributed by atoms with Gasteiger partial charge in [0, 0.05) is 33.6 Å². The Kier molecular flexibility index (Phi) is 7.46. The van der Waals surface area contributed by atoms with E-state index in [0.717, 1.165) is 22.5 Å². The van der Waals surface area contributed by atoms with Crippen molar-refractivity contribution in [3.63, 3.8) is 0 Å². The number of hydrogen-bond donors (Lipinski definition) is 0. The largest absolute Gasteiger partial charge is 0.496 e. The van der Waals surface area contributed by atoms with Crippen LogP contribution in [0.15, 0.2) is 66.7 Å². The van der Waals surface area contributed by atoms with E-state index in [-0.39, 0.29) is 17.7 Å². The highest BCUT2D eigenvalue weighted by molar-refractivity contribution is 6.31. The maximum atomic E-state index is 14.3. The summed E-state index contributed by atoms with van der Waals surface area (Å²) in [5.41, 5.74) is 4.94. The average Bonchev–Trinajstić information content (AvgIpc) is 3.47. The summed E-state index contributed by atoms with van der Waals surface area (Å²) in [4.78, 5) is 28.5. The number of ether oxygens (including phenoxy) is 1. The molecule has 0 saturated heterocycles. The number of rotatable bonds is 7. The van der Waals surface area contributed by atoms with Gasteiger partial charge in [0.1, 0.15) is 17.9 Å². The Balaban J connectivity index is 1.81. The van der Waals surface area contributed by atoms with E-state index < -0.39 is 6.04 Å². The lowest BCUT2D eigenvalue weighted by Crippen LogP contribution is -2.30. The smallest absolute Gasteiger partial charge is 0.261 e. The molecule has 0 aliphatic carbocycles. The van der Waals surface area contributed by atoms with Crippen molar-refractivity contribution >= 4 is 40.6 Å². The van der Waals surface area contributed by atoms with Crippen molar-refractivity contribution in [1.29, 1.82) is 5.26 Å². The van der Waals surface area contributed by atoms with Gasteiger partial charge in [-0.3, -0.25) is 14.5 Å². The summed E-state index contributed by atoms with van der Waals surface area (Å²) < 4.78 is 7.82. The third-order valence-corrected chi connectivity index (χ3v) is 7.69. The molecule has 1 amide bonds. The van der Waals surface area contributed by atoms with Gasteiger partial charge in [-0.25, -0.2) is 0 Å². The molecule has 6 nitrogen and oxygen atoms in total. The molecule has 1 aliphatic rings. The van der Waals surface area contributed by atoms with Gasteiger partial charge in [-0.2, -0.15) is 5.26 Å². The van der Waals surface area contributed by atoms with Crippen LogP contribution in [0.3, 0.4) is 0 Å². The van der Waals surface area contributed by atoms with E-state index >= 15 is 0 Å². The zero-order valence-corrected chi connectivity index (χ0v) is 24.0. The lowest BCUT2D eigenvalue weighted by Gasteiger charge is -2.30. The minimum Gasteiger partial charge on any atom is -0.496 e. The number of methoxy groups -OCH3 is 1. The van der Waals surface area contributed by atoms with E-state index in [0.29, 0.717) is 44.6 Å². The van der Waals surface area contributed by atoms with E-state index in [9.17, 15) is 14.9 Å². The first-order valence-corrected chi connectivity index (χ1v) is 13.7. The maximum absolute atomic E-state index is 14.3. The van der Waals surface area contributed by atoms with Gasteiger partial charge in [-0.1, -0.05) is 42.3 Å². The van der Waals surface area contributed by atoms with Crippen LogP contribution < -0.4 is 9.64 Å². The summed E-state index contributed by atoms with van der Waals surface area (Å²) >= 11 is 12.6. The highest BCUT2D eigenvalue weighted by atomic mass is 35.5. The second-order valence-electron chi connectivity index (χ2n) is 9.89. The van der Waals surface area contributed by atoms with Gasteiger partial charge in [0.2, 0.25) is 0 Å². The summed E-state index contributed by atoms with van der Waals surface area (Å²) in [6.45, 7) is 5.92. The molecule has 4 aromatic rings. The number of nitriles is 1. The van der Waals surface area contributed by atoms with Crippen molar-refractivity contribution in [2.45, 2.75) is 39.3 Å². The number of benzene rings is 3. The van der Waals surface area contributed by atoms with Gasteiger partial charge in [0.15, 0.2) is 5.78 Å². The number of fused-ring (bicyclic) bond motifs is 1. The molecule has 40 heavy (non-hydrogen) atoms. The van der Waals surface area contributed by atoms with Crippen LogP contribution in [-0.2, 0) is 0 Å². The van der Waals surface area contributed by atoms with Crippen molar-refractivity contribution in [2.75, 3.05) is 12.0 Å². The number of carbonyl (C=O) groups is 2. The fourth-order valence-corrected chi connectivity index (χ4v) is 5.70. The van der Waals surface area contributed by atoms with Crippen LogP contribution >= 0.6 is 23.2 Å². The summed E-state index contributed by atoms with van der Waals surface area (Å²) in [7, 11) is 1.59. The Morgan fingerprint density at radius 3 is 2.33 bits per heavy atom. The first-order chi connectivity index (χ1) is 19.2. The van der Waals surface area contributed by atoms with Crippen LogP contribution in [0, 0.1) is 11.3 Å². The lowest BCUT2D eigenvalue weighted by molar-refractivity contribution is 0.0982. The second-order valence-corrected chi connectivity index (χ2v) is 10.8. The SMILES string of the molecule is CCC(=O)c1ccc(OC)c(-c2cc3c(n2C(C)C)C(c2ccc(Cl)cc2)N(c2cc(Cl)ccc2C#N)C3=O)c1. The molecule has 0 saturated carbocycles. The first kappa shape index (κ1) is 27.5. The molecule has 0 N–H and O–H groups in total. The third-order valence-electron chi connectivity index (χ3n) is 7.20. The summed E-state index contributed by atoms with van der Waals surface area (Å²) in [5.74, 6) is 0.360. The van der Waals surface area contributed by atoms with Crippen LogP contribution in [0.5, 0.6) is 5.75 Å². The molecule has 1 atom stereocenters. The number of nitrogens with zero attached hydrogens (tertiary/aromatic N) is 3. The zero-order chi connectivity index (χ0) is 28.7. The third kappa shape index (κ3) is 4.56. The molecule has 0 fully saturated rings. The molecule has 0 radical (unpaired) electrons. The highest BCUT2D eigenvalue weighted by Crippen LogP contribution is 2.48. The molecule has 202 valence electrons. The van der Waals surface area contributed by atoms with Gasteiger partial charge in [-0.15, -0.1) is 0 Å². The number of hydrogen-bond acceptors (Lipinski definition) is 4. The quantitative estimate of drug-likeness (QED) is 0.209. The molecule has 1 aliphatic heterocycles. The first-order valence-electron chi connectivity index (χ1n) is 13.0. The Hall–Kier alpha value is -4.05.